The second kappa shape index (κ2) is 9.51. The predicted octanol–water partition coefficient (Wildman–Crippen LogP) is 3.27. The summed E-state index contributed by atoms with van der Waals surface area (Å²) in [5.41, 5.74) is 1.91. The van der Waals surface area contributed by atoms with Gasteiger partial charge in [0.1, 0.15) is 5.75 Å². The summed E-state index contributed by atoms with van der Waals surface area (Å²) in [7, 11) is -0.958. The summed E-state index contributed by atoms with van der Waals surface area (Å²) in [4.78, 5) is 15.9. The van der Waals surface area contributed by atoms with E-state index in [2.05, 4.69) is 4.98 Å². The van der Waals surface area contributed by atoms with Crippen molar-refractivity contribution in [1.29, 1.82) is 0 Å². The molecule has 0 radical (unpaired) electrons. The summed E-state index contributed by atoms with van der Waals surface area (Å²) >= 11 is 0. The zero-order valence-corrected chi connectivity index (χ0v) is 17.5. The molecule has 0 bridgehead atoms. The SMILES string of the molecule is COC(=O)c1ccc(CN(Cc2cccnc2)S(=O)(=O)c2ccc(OC)cc2)cc1. The molecule has 0 amide bonds. The van der Waals surface area contributed by atoms with E-state index in [4.69, 9.17) is 9.47 Å². The summed E-state index contributed by atoms with van der Waals surface area (Å²) < 4.78 is 37.9. The molecule has 0 atom stereocenters. The molecule has 0 unspecified atom stereocenters. The van der Waals surface area contributed by atoms with Gasteiger partial charge in [-0.2, -0.15) is 4.31 Å². The third-order valence-electron chi connectivity index (χ3n) is 4.51. The predicted molar refractivity (Wildman–Crippen MR) is 111 cm³/mol. The Hall–Kier alpha value is -3.23. The van der Waals surface area contributed by atoms with Gasteiger partial charge >= 0.3 is 5.97 Å². The van der Waals surface area contributed by atoms with Crippen LogP contribution >= 0.6 is 0 Å². The van der Waals surface area contributed by atoms with Crippen LogP contribution in [0.3, 0.4) is 0 Å². The number of benzene rings is 2. The Balaban J connectivity index is 1.92. The molecule has 0 aliphatic rings. The largest absolute Gasteiger partial charge is 0.497 e. The fraction of sp³-hybridized carbons (Fsp3) is 0.182. The molecule has 0 spiro atoms. The first-order valence-electron chi connectivity index (χ1n) is 9.14. The maximum Gasteiger partial charge on any atom is 0.337 e. The van der Waals surface area contributed by atoms with Gasteiger partial charge in [0.15, 0.2) is 0 Å². The number of ether oxygens (including phenoxy) is 2. The van der Waals surface area contributed by atoms with Gasteiger partial charge in [-0.05, 0) is 53.6 Å². The van der Waals surface area contributed by atoms with E-state index >= 15 is 0 Å². The highest BCUT2D eigenvalue weighted by molar-refractivity contribution is 7.89. The Kier molecular flexibility index (Phi) is 6.81. The average Bonchev–Trinajstić information content (AvgIpc) is 2.79. The summed E-state index contributed by atoms with van der Waals surface area (Å²) in [5.74, 6) is 0.130. The van der Waals surface area contributed by atoms with Gasteiger partial charge in [-0.1, -0.05) is 18.2 Å². The molecule has 3 rings (SSSR count). The third kappa shape index (κ3) is 5.03. The smallest absolute Gasteiger partial charge is 0.337 e. The number of hydrogen-bond donors (Lipinski definition) is 0. The topological polar surface area (TPSA) is 85.8 Å². The van der Waals surface area contributed by atoms with Crippen LogP contribution in [-0.4, -0.2) is 37.9 Å². The summed E-state index contributed by atoms with van der Waals surface area (Å²) in [6, 6.07) is 16.5. The van der Waals surface area contributed by atoms with Crippen molar-refractivity contribution in [2.75, 3.05) is 14.2 Å². The lowest BCUT2D eigenvalue weighted by molar-refractivity contribution is 0.0600. The number of hydrogen-bond acceptors (Lipinski definition) is 6. The lowest BCUT2D eigenvalue weighted by atomic mass is 10.1. The first-order valence-corrected chi connectivity index (χ1v) is 10.6. The summed E-state index contributed by atoms with van der Waals surface area (Å²) in [6.45, 7) is 0.283. The van der Waals surface area contributed by atoms with Crippen LogP contribution in [-0.2, 0) is 27.8 Å². The Morgan fingerprint density at radius 3 is 2.17 bits per heavy atom. The number of sulfonamides is 1. The molecular formula is C22H22N2O5S. The van der Waals surface area contributed by atoms with Gasteiger partial charge in [-0.15, -0.1) is 0 Å². The van der Waals surface area contributed by atoms with Crippen LogP contribution in [0.4, 0.5) is 0 Å². The van der Waals surface area contributed by atoms with Gasteiger partial charge in [-0.25, -0.2) is 13.2 Å². The van der Waals surface area contributed by atoms with Crippen LogP contribution in [0.1, 0.15) is 21.5 Å². The monoisotopic (exact) mass is 426 g/mol. The Morgan fingerprint density at radius 1 is 0.933 bits per heavy atom. The number of pyridine rings is 1. The molecule has 0 fully saturated rings. The van der Waals surface area contributed by atoms with Crippen molar-refractivity contribution in [3.63, 3.8) is 0 Å². The normalized spacial score (nSPS) is 11.3. The van der Waals surface area contributed by atoms with Crippen molar-refractivity contribution in [1.82, 2.24) is 9.29 Å². The second-order valence-corrected chi connectivity index (χ2v) is 8.44. The number of carbonyl (C=O) groups is 1. The van der Waals surface area contributed by atoms with E-state index in [0.717, 1.165) is 11.1 Å². The minimum atomic E-state index is -3.80. The molecule has 30 heavy (non-hydrogen) atoms. The Bertz CT molecular complexity index is 1080. The zero-order valence-electron chi connectivity index (χ0n) is 16.7. The molecule has 0 N–H and O–H groups in total. The first kappa shape index (κ1) is 21.5. The first-order chi connectivity index (χ1) is 14.4. The molecule has 0 aliphatic heterocycles. The van der Waals surface area contributed by atoms with Crippen molar-refractivity contribution in [3.05, 3.63) is 89.7 Å². The van der Waals surface area contributed by atoms with Crippen LogP contribution in [0.2, 0.25) is 0 Å². The fourth-order valence-electron chi connectivity index (χ4n) is 2.89. The highest BCUT2D eigenvalue weighted by Crippen LogP contribution is 2.23. The Labute approximate surface area is 175 Å². The lowest BCUT2D eigenvalue weighted by Crippen LogP contribution is -2.30. The van der Waals surface area contributed by atoms with Gasteiger partial charge in [0.05, 0.1) is 24.7 Å². The standard InChI is InChI=1S/C22H22N2O5S/c1-28-20-9-11-21(12-10-20)30(26,27)24(16-18-4-3-13-23-14-18)15-17-5-7-19(8-6-17)22(25)29-2/h3-14H,15-16H2,1-2H3. The minimum absolute atomic E-state index is 0.130. The van der Waals surface area contributed by atoms with Crippen molar-refractivity contribution < 1.29 is 22.7 Å². The average molecular weight is 426 g/mol. The molecule has 1 heterocycles. The molecule has 0 aliphatic carbocycles. The molecule has 156 valence electrons. The molecule has 1 aromatic heterocycles. The van der Waals surface area contributed by atoms with E-state index in [-0.39, 0.29) is 18.0 Å². The lowest BCUT2D eigenvalue weighted by Gasteiger charge is -2.22. The van der Waals surface area contributed by atoms with Crippen molar-refractivity contribution >= 4 is 16.0 Å². The van der Waals surface area contributed by atoms with Crippen LogP contribution in [0, 0.1) is 0 Å². The number of carbonyl (C=O) groups excluding carboxylic acids is 1. The molecular weight excluding hydrogens is 404 g/mol. The van der Waals surface area contributed by atoms with E-state index < -0.39 is 16.0 Å². The zero-order chi connectivity index (χ0) is 21.6. The van der Waals surface area contributed by atoms with Crippen LogP contribution in [0.15, 0.2) is 78.0 Å². The van der Waals surface area contributed by atoms with E-state index in [1.807, 2.05) is 6.07 Å². The maximum absolute atomic E-state index is 13.4. The number of nitrogens with zero attached hydrogens (tertiary/aromatic N) is 2. The molecule has 8 heteroatoms. The van der Waals surface area contributed by atoms with Gasteiger partial charge in [0.25, 0.3) is 0 Å². The number of methoxy groups -OCH3 is 2. The molecule has 7 nitrogen and oxygen atoms in total. The van der Waals surface area contributed by atoms with Gasteiger partial charge in [-0.3, -0.25) is 4.98 Å². The van der Waals surface area contributed by atoms with Gasteiger partial charge < -0.3 is 9.47 Å². The number of aromatic nitrogens is 1. The van der Waals surface area contributed by atoms with E-state index in [0.29, 0.717) is 11.3 Å². The number of esters is 1. The maximum atomic E-state index is 13.4. The van der Waals surface area contributed by atoms with Crippen LogP contribution < -0.4 is 4.74 Å². The quantitative estimate of drug-likeness (QED) is 0.514. The van der Waals surface area contributed by atoms with Crippen molar-refractivity contribution in [2.24, 2.45) is 0 Å². The van der Waals surface area contributed by atoms with Crippen LogP contribution in [0.25, 0.3) is 0 Å². The molecule has 3 aromatic rings. The molecule has 0 saturated carbocycles. The molecule has 2 aromatic carbocycles. The summed E-state index contributed by atoms with van der Waals surface area (Å²) in [6.07, 6.45) is 3.27. The molecule has 0 saturated heterocycles. The van der Waals surface area contributed by atoms with Gasteiger partial charge in [0, 0.05) is 25.5 Å². The van der Waals surface area contributed by atoms with Crippen LogP contribution in [0.5, 0.6) is 5.75 Å². The van der Waals surface area contributed by atoms with E-state index in [1.165, 1.54) is 30.7 Å². The van der Waals surface area contributed by atoms with Crippen molar-refractivity contribution in [2.45, 2.75) is 18.0 Å². The van der Waals surface area contributed by atoms with Gasteiger partial charge in [0.2, 0.25) is 10.0 Å². The summed E-state index contributed by atoms with van der Waals surface area (Å²) in [5, 5.41) is 0. The second-order valence-electron chi connectivity index (χ2n) is 6.50. The number of rotatable bonds is 8. The minimum Gasteiger partial charge on any atom is -0.497 e. The van der Waals surface area contributed by atoms with E-state index in [1.54, 1.807) is 54.9 Å². The van der Waals surface area contributed by atoms with E-state index in [9.17, 15) is 13.2 Å². The third-order valence-corrected chi connectivity index (χ3v) is 6.32. The highest BCUT2D eigenvalue weighted by atomic mass is 32.2. The Morgan fingerprint density at radius 2 is 1.60 bits per heavy atom. The van der Waals surface area contributed by atoms with Crippen molar-refractivity contribution in [3.8, 4) is 5.75 Å². The fourth-order valence-corrected chi connectivity index (χ4v) is 4.30. The highest BCUT2D eigenvalue weighted by Gasteiger charge is 2.25.